The van der Waals surface area contributed by atoms with Crippen LogP contribution in [0.2, 0.25) is 0 Å². The van der Waals surface area contributed by atoms with Gasteiger partial charge in [0.05, 0.1) is 31.8 Å². The largest absolute Gasteiger partial charge is 0.497 e. The number of aromatic nitrogens is 1. The normalized spacial score (nSPS) is 10.2. The van der Waals surface area contributed by atoms with Gasteiger partial charge in [-0.1, -0.05) is 33.1 Å². The van der Waals surface area contributed by atoms with Gasteiger partial charge in [0.2, 0.25) is 0 Å². The minimum absolute atomic E-state index is 0.00116. The molecular weight excluding hydrogens is 352 g/mol. The van der Waals surface area contributed by atoms with Gasteiger partial charge in [-0.25, -0.2) is 8.42 Å². The summed E-state index contributed by atoms with van der Waals surface area (Å²) >= 11 is 0. The number of rotatable bonds is 7. The summed E-state index contributed by atoms with van der Waals surface area (Å²) in [6.45, 7) is 11.3. The van der Waals surface area contributed by atoms with Crippen molar-refractivity contribution in [3.63, 3.8) is 0 Å². The fourth-order valence-corrected chi connectivity index (χ4v) is 3.28. The molecule has 1 aromatic carbocycles. The Hall–Kier alpha value is -2.80. The predicted octanol–water partition coefficient (Wildman–Crippen LogP) is 4.21. The first-order chi connectivity index (χ1) is 12.4. The van der Waals surface area contributed by atoms with Gasteiger partial charge >= 0.3 is 0 Å². The Morgan fingerprint density at radius 1 is 1.08 bits per heavy atom. The Bertz CT molecular complexity index is 877. The number of methoxy groups -OCH3 is 2. The second-order valence-electron chi connectivity index (χ2n) is 4.73. The van der Waals surface area contributed by atoms with Gasteiger partial charge in [-0.2, -0.15) is 0 Å². The minimum atomic E-state index is -3.86. The Labute approximate surface area is 155 Å². The molecule has 7 heteroatoms. The second kappa shape index (κ2) is 9.62. The van der Waals surface area contributed by atoms with Crippen LogP contribution in [0.15, 0.2) is 48.5 Å². The van der Waals surface area contributed by atoms with E-state index in [0.29, 0.717) is 22.7 Å². The average Bonchev–Trinajstić information content (AvgIpc) is 2.68. The molecule has 140 valence electrons. The molecule has 0 aliphatic rings. The first kappa shape index (κ1) is 21.2. The van der Waals surface area contributed by atoms with E-state index < -0.39 is 10.0 Å². The van der Waals surface area contributed by atoms with Crippen molar-refractivity contribution in [2.75, 3.05) is 18.9 Å². The maximum atomic E-state index is 12.6. The van der Waals surface area contributed by atoms with Gasteiger partial charge in [0, 0.05) is 11.6 Å². The van der Waals surface area contributed by atoms with Crippen LogP contribution < -0.4 is 14.2 Å². The Kier molecular flexibility index (Phi) is 7.86. The molecule has 0 fully saturated rings. The van der Waals surface area contributed by atoms with Crippen LogP contribution in [-0.2, 0) is 10.0 Å². The van der Waals surface area contributed by atoms with E-state index in [9.17, 15) is 8.42 Å². The molecule has 1 heterocycles. The van der Waals surface area contributed by atoms with E-state index in [1.165, 1.54) is 32.5 Å². The number of hydrogen-bond donors (Lipinski definition) is 1. The molecule has 26 heavy (non-hydrogen) atoms. The molecule has 2 aromatic rings. The van der Waals surface area contributed by atoms with Gasteiger partial charge in [0.1, 0.15) is 16.4 Å². The molecule has 1 N–H and O–H groups in total. The molecule has 0 unspecified atom stereocenters. The zero-order valence-corrected chi connectivity index (χ0v) is 16.3. The Balaban J connectivity index is 0.00000163. The summed E-state index contributed by atoms with van der Waals surface area (Å²) in [6, 6.07) is 6.10. The van der Waals surface area contributed by atoms with Gasteiger partial charge in [0.15, 0.2) is 0 Å². The highest BCUT2D eigenvalue weighted by atomic mass is 32.2. The van der Waals surface area contributed by atoms with Crippen molar-refractivity contribution in [3.8, 4) is 11.5 Å². The molecule has 0 spiro atoms. The lowest BCUT2D eigenvalue weighted by molar-refractivity contribution is 0.386. The van der Waals surface area contributed by atoms with Crippen LogP contribution in [0.25, 0.3) is 12.2 Å². The minimum Gasteiger partial charge on any atom is -0.497 e. The predicted molar refractivity (Wildman–Crippen MR) is 106 cm³/mol. The van der Waals surface area contributed by atoms with Crippen molar-refractivity contribution in [2.24, 2.45) is 0 Å². The zero-order valence-electron chi connectivity index (χ0n) is 15.4. The van der Waals surface area contributed by atoms with Gasteiger partial charge < -0.3 is 9.47 Å². The Morgan fingerprint density at radius 3 is 2.31 bits per heavy atom. The summed E-state index contributed by atoms with van der Waals surface area (Å²) in [5, 5.41) is 0. The van der Waals surface area contributed by atoms with Gasteiger partial charge in [-0.3, -0.25) is 9.71 Å². The summed E-state index contributed by atoms with van der Waals surface area (Å²) in [4.78, 5) is 4.15. The van der Waals surface area contributed by atoms with Crippen LogP contribution in [0.4, 0.5) is 5.69 Å². The molecule has 1 aromatic heterocycles. The lowest BCUT2D eigenvalue weighted by Crippen LogP contribution is -2.14. The number of ether oxygens (including phenoxy) is 2. The summed E-state index contributed by atoms with van der Waals surface area (Å²) in [7, 11) is -0.972. The number of sulfonamides is 1. The quantitative estimate of drug-likeness (QED) is 0.783. The summed E-state index contributed by atoms with van der Waals surface area (Å²) in [5.74, 6) is 0.679. The molecule has 0 saturated carbocycles. The molecule has 0 bridgehead atoms. The standard InChI is InChI=1S/C17H18N2O4S.C2H6/c1-5-12-9-13(11-18-15(12)6-2)19-24(20,21)17-8-7-14(22-3)10-16(17)23-4;1-2/h5-11,19H,1-2H2,3-4H3;1-2H3. The van der Waals surface area contributed by atoms with E-state index in [4.69, 9.17) is 9.47 Å². The van der Waals surface area contributed by atoms with Crippen LogP contribution in [-0.4, -0.2) is 27.6 Å². The molecule has 0 saturated heterocycles. The molecule has 0 aliphatic heterocycles. The van der Waals surface area contributed by atoms with Crippen LogP contribution in [0, 0.1) is 0 Å². The van der Waals surface area contributed by atoms with Crippen molar-refractivity contribution in [3.05, 3.63) is 54.9 Å². The van der Waals surface area contributed by atoms with Crippen molar-refractivity contribution in [1.29, 1.82) is 0 Å². The van der Waals surface area contributed by atoms with E-state index in [-0.39, 0.29) is 10.6 Å². The maximum absolute atomic E-state index is 12.6. The highest BCUT2D eigenvalue weighted by molar-refractivity contribution is 7.92. The molecule has 2 rings (SSSR count). The fourth-order valence-electron chi connectivity index (χ4n) is 2.09. The number of hydrogen-bond acceptors (Lipinski definition) is 5. The molecule has 0 amide bonds. The Morgan fingerprint density at radius 2 is 1.77 bits per heavy atom. The van der Waals surface area contributed by atoms with E-state index in [1.807, 2.05) is 13.8 Å². The monoisotopic (exact) mass is 376 g/mol. The van der Waals surface area contributed by atoms with E-state index in [1.54, 1.807) is 24.3 Å². The third-order valence-electron chi connectivity index (χ3n) is 3.28. The van der Waals surface area contributed by atoms with Gasteiger partial charge in [0.25, 0.3) is 10.0 Å². The van der Waals surface area contributed by atoms with Crippen LogP contribution in [0.3, 0.4) is 0 Å². The topological polar surface area (TPSA) is 77.5 Å². The number of pyridine rings is 1. The van der Waals surface area contributed by atoms with Crippen LogP contribution in [0.1, 0.15) is 25.1 Å². The highest BCUT2D eigenvalue weighted by Crippen LogP contribution is 2.30. The van der Waals surface area contributed by atoms with Crippen LogP contribution in [0.5, 0.6) is 11.5 Å². The van der Waals surface area contributed by atoms with Crippen molar-refractivity contribution >= 4 is 27.9 Å². The lowest BCUT2D eigenvalue weighted by atomic mass is 10.2. The van der Waals surface area contributed by atoms with Crippen molar-refractivity contribution in [2.45, 2.75) is 18.7 Å². The lowest BCUT2D eigenvalue weighted by Gasteiger charge is -2.13. The third-order valence-corrected chi connectivity index (χ3v) is 4.70. The SMILES string of the molecule is C=Cc1cc(NS(=O)(=O)c2ccc(OC)cc2OC)cnc1C=C.CC. The third kappa shape index (κ3) is 4.86. The van der Waals surface area contributed by atoms with Crippen molar-refractivity contribution in [1.82, 2.24) is 4.98 Å². The molecule has 6 nitrogen and oxygen atoms in total. The summed E-state index contributed by atoms with van der Waals surface area (Å²) < 4.78 is 38.0. The average molecular weight is 376 g/mol. The van der Waals surface area contributed by atoms with Gasteiger partial charge in [-0.15, -0.1) is 0 Å². The van der Waals surface area contributed by atoms with E-state index >= 15 is 0 Å². The van der Waals surface area contributed by atoms with Crippen molar-refractivity contribution < 1.29 is 17.9 Å². The van der Waals surface area contributed by atoms with Gasteiger partial charge in [-0.05, 0) is 24.3 Å². The summed E-state index contributed by atoms with van der Waals surface area (Å²) in [6.07, 6.45) is 4.56. The fraction of sp³-hybridized carbons (Fsp3) is 0.211. The number of benzene rings is 1. The molecular formula is C19H24N2O4S. The smallest absolute Gasteiger partial charge is 0.265 e. The van der Waals surface area contributed by atoms with E-state index in [0.717, 1.165) is 0 Å². The van der Waals surface area contributed by atoms with Crippen LogP contribution >= 0.6 is 0 Å². The number of anilines is 1. The van der Waals surface area contributed by atoms with E-state index in [2.05, 4.69) is 22.9 Å². The summed E-state index contributed by atoms with van der Waals surface area (Å²) in [5.41, 5.74) is 1.61. The first-order valence-electron chi connectivity index (χ1n) is 7.95. The number of nitrogens with zero attached hydrogens (tertiary/aromatic N) is 1. The second-order valence-corrected chi connectivity index (χ2v) is 6.38. The molecule has 0 radical (unpaired) electrons. The first-order valence-corrected chi connectivity index (χ1v) is 9.43. The molecule has 0 aliphatic carbocycles. The molecule has 0 atom stereocenters. The number of nitrogens with one attached hydrogen (secondary N) is 1. The maximum Gasteiger partial charge on any atom is 0.265 e. The highest BCUT2D eigenvalue weighted by Gasteiger charge is 2.20. The zero-order chi connectivity index (χ0) is 19.7.